The van der Waals surface area contributed by atoms with Gasteiger partial charge in [0, 0.05) is 32.6 Å². The molecular weight excluding hydrogens is 337 g/mol. The van der Waals surface area contributed by atoms with E-state index in [0.717, 1.165) is 19.5 Å². The first-order valence-electron chi connectivity index (χ1n) is 7.60. The zero-order valence-electron chi connectivity index (χ0n) is 13.0. The Hall–Kier alpha value is -1.30. The second kappa shape index (κ2) is 7.51. The van der Waals surface area contributed by atoms with Crippen molar-refractivity contribution in [2.24, 2.45) is 5.92 Å². The molecule has 2 unspecified atom stereocenters. The molecule has 3 rings (SSSR count). The van der Waals surface area contributed by atoms with Crippen molar-refractivity contribution in [1.29, 1.82) is 0 Å². The van der Waals surface area contributed by atoms with Gasteiger partial charge in [0.05, 0.1) is 16.6 Å². The van der Waals surface area contributed by atoms with Crippen molar-refractivity contribution in [2.45, 2.75) is 18.9 Å². The molecule has 0 bridgehead atoms. The highest BCUT2D eigenvalue weighted by Crippen LogP contribution is 2.31. The van der Waals surface area contributed by atoms with Gasteiger partial charge in [-0.3, -0.25) is 9.59 Å². The van der Waals surface area contributed by atoms with Crippen LogP contribution in [0.25, 0.3) is 0 Å². The monoisotopic (exact) mass is 357 g/mol. The van der Waals surface area contributed by atoms with Crippen LogP contribution in [-0.2, 0) is 9.59 Å². The maximum atomic E-state index is 12.6. The Morgan fingerprint density at radius 3 is 2.78 bits per heavy atom. The van der Waals surface area contributed by atoms with Gasteiger partial charge in [-0.25, -0.2) is 0 Å². The number of para-hydroxylation sites is 1. The normalized spacial score (nSPS) is 23.7. The van der Waals surface area contributed by atoms with Crippen LogP contribution in [-0.4, -0.2) is 49.4 Å². The van der Waals surface area contributed by atoms with Crippen LogP contribution in [0.5, 0.6) is 0 Å². The van der Waals surface area contributed by atoms with Gasteiger partial charge in [0.2, 0.25) is 11.8 Å². The quantitative estimate of drug-likeness (QED) is 0.899. The topological polar surface area (TPSA) is 52.7 Å². The van der Waals surface area contributed by atoms with Crippen LogP contribution >= 0.6 is 24.0 Å². The molecule has 0 saturated carbocycles. The summed E-state index contributed by atoms with van der Waals surface area (Å²) in [4.78, 5) is 28.3. The SMILES string of the molecule is CN(C(=O)C1CC(=O)N(c2ccccc2Cl)C1)C1CCNC1.Cl. The summed E-state index contributed by atoms with van der Waals surface area (Å²) in [5.74, 6) is -0.268. The fraction of sp³-hybridized carbons (Fsp3) is 0.500. The summed E-state index contributed by atoms with van der Waals surface area (Å²) in [7, 11) is 1.84. The summed E-state index contributed by atoms with van der Waals surface area (Å²) in [6.07, 6.45) is 1.23. The van der Waals surface area contributed by atoms with Crippen molar-refractivity contribution < 1.29 is 9.59 Å². The number of carbonyl (C=O) groups excluding carboxylic acids is 2. The van der Waals surface area contributed by atoms with Gasteiger partial charge in [-0.1, -0.05) is 23.7 Å². The Morgan fingerprint density at radius 2 is 2.13 bits per heavy atom. The summed E-state index contributed by atoms with van der Waals surface area (Å²) in [6.45, 7) is 2.18. The first-order valence-corrected chi connectivity index (χ1v) is 7.98. The van der Waals surface area contributed by atoms with E-state index in [-0.39, 0.29) is 42.6 Å². The van der Waals surface area contributed by atoms with Crippen molar-refractivity contribution in [3.8, 4) is 0 Å². The summed E-state index contributed by atoms with van der Waals surface area (Å²) >= 11 is 6.17. The molecule has 126 valence electrons. The first kappa shape index (κ1) is 18.0. The molecule has 1 N–H and O–H groups in total. The number of nitrogens with one attached hydrogen (secondary N) is 1. The van der Waals surface area contributed by atoms with Crippen LogP contribution in [0.1, 0.15) is 12.8 Å². The lowest BCUT2D eigenvalue weighted by atomic mass is 10.1. The first-order chi connectivity index (χ1) is 10.6. The number of benzene rings is 1. The maximum Gasteiger partial charge on any atom is 0.228 e. The molecule has 0 radical (unpaired) electrons. The fourth-order valence-electron chi connectivity index (χ4n) is 3.21. The predicted octanol–water partition coefficient (Wildman–Crippen LogP) is 1.94. The number of rotatable bonds is 3. The molecule has 1 aromatic rings. The average Bonchev–Trinajstić information content (AvgIpc) is 3.16. The zero-order chi connectivity index (χ0) is 15.7. The van der Waals surface area contributed by atoms with E-state index in [9.17, 15) is 9.59 Å². The highest BCUT2D eigenvalue weighted by atomic mass is 35.5. The highest BCUT2D eigenvalue weighted by Gasteiger charge is 2.38. The van der Waals surface area contributed by atoms with Gasteiger partial charge in [-0.15, -0.1) is 12.4 Å². The van der Waals surface area contributed by atoms with Gasteiger partial charge in [0.1, 0.15) is 0 Å². The molecular formula is C16H21Cl2N3O2. The van der Waals surface area contributed by atoms with Crippen molar-refractivity contribution in [3.63, 3.8) is 0 Å². The van der Waals surface area contributed by atoms with Gasteiger partial charge in [-0.2, -0.15) is 0 Å². The number of likely N-dealkylation sites (N-methyl/N-ethyl adjacent to an activating group) is 1. The molecule has 5 nitrogen and oxygen atoms in total. The summed E-state index contributed by atoms with van der Waals surface area (Å²) < 4.78 is 0. The lowest BCUT2D eigenvalue weighted by Gasteiger charge is -2.26. The van der Waals surface area contributed by atoms with Gasteiger partial charge in [-0.05, 0) is 25.1 Å². The maximum absolute atomic E-state index is 12.6. The standard InChI is InChI=1S/C16H20ClN3O2.ClH/c1-19(12-6-7-18-9-12)16(22)11-8-15(21)20(10-11)14-5-3-2-4-13(14)17;/h2-5,11-12,18H,6-10H2,1H3;1H. The summed E-state index contributed by atoms with van der Waals surface area (Å²) in [5.41, 5.74) is 0.689. The molecule has 0 spiro atoms. The number of nitrogens with zero attached hydrogens (tertiary/aromatic N) is 2. The van der Waals surface area contributed by atoms with Crippen molar-refractivity contribution in [1.82, 2.24) is 10.2 Å². The number of anilines is 1. The molecule has 0 aromatic heterocycles. The number of hydrogen-bond acceptors (Lipinski definition) is 3. The Balaban J connectivity index is 0.00000192. The van der Waals surface area contributed by atoms with Gasteiger partial charge in [0.15, 0.2) is 0 Å². The second-order valence-corrected chi connectivity index (χ2v) is 6.36. The van der Waals surface area contributed by atoms with Crippen LogP contribution in [0.4, 0.5) is 5.69 Å². The zero-order valence-corrected chi connectivity index (χ0v) is 14.6. The Kier molecular flexibility index (Phi) is 5.89. The second-order valence-electron chi connectivity index (χ2n) is 5.95. The number of amides is 2. The molecule has 7 heteroatoms. The van der Waals surface area contributed by atoms with Crippen LogP contribution < -0.4 is 10.2 Å². The van der Waals surface area contributed by atoms with E-state index in [4.69, 9.17) is 11.6 Å². The predicted molar refractivity (Wildman–Crippen MR) is 93.2 cm³/mol. The van der Waals surface area contributed by atoms with E-state index in [2.05, 4.69) is 5.32 Å². The molecule has 2 amide bonds. The lowest BCUT2D eigenvalue weighted by molar-refractivity contribution is -0.136. The molecule has 23 heavy (non-hydrogen) atoms. The van der Waals surface area contributed by atoms with Gasteiger partial charge >= 0.3 is 0 Å². The lowest BCUT2D eigenvalue weighted by Crippen LogP contribution is -2.42. The average molecular weight is 358 g/mol. The van der Waals surface area contributed by atoms with Crippen molar-refractivity contribution in [2.75, 3.05) is 31.6 Å². The van der Waals surface area contributed by atoms with Crippen LogP contribution in [0.15, 0.2) is 24.3 Å². The van der Waals surface area contributed by atoms with Crippen molar-refractivity contribution in [3.05, 3.63) is 29.3 Å². The number of carbonyl (C=O) groups is 2. The number of hydrogen-bond donors (Lipinski definition) is 1. The molecule has 2 aliphatic heterocycles. The van der Waals surface area contributed by atoms with Crippen LogP contribution in [0, 0.1) is 5.92 Å². The summed E-state index contributed by atoms with van der Waals surface area (Å²) in [5, 5.41) is 3.80. The van der Waals surface area contributed by atoms with E-state index in [1.807, 2.05) is 25.2 Å². The van der Waals surface area contributed by atoms with Crippen LogP contribution in [0.3, 0.4) is 0 Å². The third-order valence-electron chi connectivity index (χ3n) is 4.55. The molecule has 0 aliphatic carbocycles. The Bertz CT molecular complexity index is 590. The largest absolute Gasteiger partial charge is 0.341 e. The van der Waals surface area contributed by atoms with Crippen LogP contribution in [0.2, 0.25) is 5.02 Å². The third kappa shape index (κ3) is 3.62. The summed E-state index contributed by atoms with van der Waals surface area (Å²) in [6, 6.07) is 7.49. The van der Waals surface area contributed by atoms with E-state index in [1.165, 1.54) is 0 Å². The molecule has 2 fully saturated rings. The van der Waals surface area contributed by atoms with E-state index >= 15 is 0 Å². The highest BCUT2D eigenvalue weighted by molar-refractivity contribution is 6.33. The molecule has 2 saturated heterocycles. The Labute approximate surface area is 147 Å². The minimum atomic E-state index is -0.283. The molecule has 2 atom stereocenters. The molecule has 2 aliphatic rings. The van der Waals surface area contributed by atoms with Crippen molar-refractivity contribution >= 4 is 41.5 Å². The van der Waals surface area contributed by atoms with E-state index < -0.39 is 0 Å². The smallest absolute Gasteiger partial charge is 0.228 e. The third-order valence-corrected chi connectivity index (χ3v) is 4.87. The van der Waals surface area contributed by atoms with E-state index in [0.29, 0.717) is 17.3 Å². The fourth-order valence-corrected chi connectivity index (χ4v) is 3.45. The molecule has 1 aromatic carbocycles. The molecule has 2 heterocycles. The van der Waals surface area contributed by atoms with Gasteiger partial charge < -0.3 is 15.1 Å². The Morgan fingerprint density at radius 1 is 1.39 bits per heavy atom. The van der Waals surface area contributed by atoms with Gasteiger partial charge in [0.25, 0.3) is 0 Å². The number of halogens is 2. The minimum absolute atomic E-state index is 0. The minimum Gasteiger partial charge on any atom is -0.341 e. The van der Waals surface area contributed by atoms with E-state index in [1.54, 1.807) is 15.9 Å².